The van der Waals surface area contributed by atoms with Gasteiger partial charge in [-0.2, -0.15) is 0 Å². The Labute approximate surface area is 220 Å². The third-order valence-electron chi connectivity index (χ3n) is 8.19. The number of phenols is 1. The molecular formula is C27H35N3O8. The average molecular weight is 530 g/mol. The maximum Gasteiger partial charge on any atom is 0.230 e. The van der Waals surface area contributed by atoms with Gasteiger partial charge in [0.25, 0.3) is 0 Å². The second-order valence-corrected chi connectivity index (χ2v) is 11.8. The lowest BCUT2D eigenvalue weighted by atomic mass is 9.56. The third kappa shape index (κ3) is 4.00. The second-order valence-electron chi connectivity index (χ2n) is 11.8. The van der Waals surface area contributed by atoms with Crippen LogP contribution in [0.1, 0.15) is 48.7 Å². The molecule has 1 fully saturated rings. The number of ketones is 2. The number of aromatic hydroxyl groups is 1. The molecular weight excluding hydrogens is 494 g/mol. The van der Waals surface area contributed by atoms with E-state index in [1.54, 1.807) is 45.8 Å². The van der Waals surface area contributed by atoms with Gasteiger partial charge >= 0.3 is 0 Å². The zero-order valence-corrected chi connectivity index (χ0v) is 22.1. The number of likely N-dealkylation sites (N-methyl/N-ethyl adjacent to an activating group) is 1. The fourth-order valence-electron chi connectivity index (χ4n) is 6.28. The molecule has 4 rings (SSSR count). The topological polar surface area (TPSA) is 190 Å². The molecule has 0 saturated heterocycles. The number of aliphatic hydroxyl groups is 3. The quantitative estimate of drug-likeness (QED) is 0.290. The number of phenolic OH excluding ortho intramolecular Hbond substituents is 1. The van der Waals surface area contributed by atoms with Gasteiger partial charge in [0.1, 0.15) is 17.4 Å². The Kier molecular flexibility index (Phi) is 6.70. The van der Waals surface area contributed by atoms with E-state index < -0.39 is 64.1 Å². The average Bonchev–Trinajstić information content (AvgIpc) is 2.79. The number of nitrogens with one attached hydrogen (secondary N) is 1. The van der Waals surface area contributed by atoms with Crippen LogP contribution < -0.4 is 11.1 Å². The van der Waals surface area contributed by atoms with Crippen molar-refractivity contribution in [1.82, 2.24) is 10.2 Å². The number of hydrogen-bond acceptors (Lipinski definition) is 9. The number of aliphatic hydroxyl groups excluding tert-OH is 2. The molecule has 1 saturated carbocycles. The van der Waals surface area contributed by atoms with E-state index >= 15 is 0 Å². The molecule has 1 aromatic carbocycles. The highest BCUT2D eigenvalue weighted by atomic mass is 16.3. The Morgan fingerprint density at radius 2 is 1.82 bits per heavy atom. The Balaban J connectivity index is 1.83. The molecule has 2 unspecified atom stereocenters. The number of Topliss-reactive ketones (excluding diaryl/α,β-unsaturated/α-hetero) is 2. The Bertz CT molecular complexity index is 1260. The molecule has 38 heavy (non-hydrogen) atoms. The van der Waals surface area contributed by atoms with Crippen LogP contribution in [-0.2, 0) is 27.3 Å². The number of amides is 2. The number of carbonyl (C=O) groups excluding carboxylic acids is 4. The summed E-state index contributed by atoms with van der Waals surface area (Å²) in [6, 6.07) is 2.00. The van der Waals surface area contributed by atoms with Crippen molar-refractivity contribution in [2.75, 3.05) is 14.1 Å². The first kappa shape index (κ1) is 27.7. The van der Waals surface area contributed by atoms with Gasteiger partial charge in [-0.15, -0.1) is 0 Å². The minimum absolute atomic E-state index is 0.0294. The molecule has 7 N–H and O–H groups in total. The summed E-state index contributed by atoms with van der Waals surface area (Å²) in [6.45, 7) is 5.41. The minimum atomic E-state index is -2.62. The van der Waals surface area contributed by atoms with Crippen LogP contribution in [0.5, 0.6) is 5.75 Å². The van der Waals surface area contributed by atoms with Crippen LogP contribution >= 0.6 is 0 Å². The van der Waals surface area contributed by atoms with Crippen molar-refractivity contribution in [3.63, 3.8) is 0 Å². The molecule has 0 radical (unpaired) electrons. The fourth-order valence-corrected chi connectivity index (χ4v) is 6.28. The highest BCUT2D eigenvalue weighted by Crippen LogP contribution is 2.52. The number of fused-ring (bicyclic) bond motifs is 3. The summed E-state index contributed by atoms with van der Waals surface area (Å²) in [4.78, 5) is 53.2. The van der Waals surface area contributed by atoms with Crippen molar-refractivity contribution in [3.8, 4) is 5.75 Å². The Hall–Kier alpha value is -3.28. The summed E-state index contributed by atoms with van der Waals surface area (Å²) in [5.74, 6) is -7.99. The molecule has 0 bridgehead atoms. The molecule has 6 atom stereocenters. The second kappa shape index (κ2) is 9.18. The number of allylic oxidation sites excluding steroid dienone is 1. The summed E-state index contributed by atoms with van der Waals surface area (Å²) in [5, 5.41) is 47.4. The molecule has 11 heteroatoms. The Morgan fingerprint density at radius 3 is 2.37 bits per heavy atom. The summed E-state index contributed by atoms with van der Waals surface area (Å²) in [6.07, 6.45) is -1.33. The molecule has 3 aliphatic rings. The van der Waals surface area contributed by atoms with E-state index in [1.165, 1.54) is 6.07 Å². The van der Waals surface area contributed by atoms with Crippen molar-refractivity contribution in [2.24, 2.45) is 28.9 Å². The Morgan fingerprint density at radius 1 is 1.18 bits per heavy atom. The molecule has 2 amide bonds. The monoisotopic (exact) mass is 529 g/mol. The van der Waals surface area contributed by atoms with Gasteiger partial charge in [0, 0.05) is 29.5 Å². The highest BCUT2D eigenvalue weighted by Gasteiger charge is 2.66. The first-order valence-corrected chi connectivity index (χ1v) is 12.5. The van der Waals surface area contributed by atoms with Crippen molar-refractivity contribution < 1.29 is 39.6 Å². The first-order chi connectivity index (χ1) is 17.5. The smallest absolute Gasteiger partial charge is 0.230 e. The van der Waals surface area contributed by atoms with Crippen molar-refractivity contribution in [1.29, 1.82) is 0 Å². The van der Waals surface area contributed by atoms with Gasteiger partial charge in [0.05, 0.1) is 11.7 Å². The zero-order chi connectivity index (χ0) is 28.5. The van der Waals surface area contributed by atoms with Crippen LogP contribution in [0.15, 0.2) is 23.5 Å². The SMILES string of the molecule is CN(C)[C@@H]1C(O)C(C(N)=O)C(=O)[C@@]2(O)C(O)=C3C(=O)c4c(O)ccc(CNC(=O)C(C)(C)C)c4C[C@H]3C[C@@H]12. The number of nitrogens with zero attached hydrogens (tertiary/aromatic N) is 1. The summed E-state index contributed by atoms with van der Waals surface area (Å²) in [5.41, 5.74) is 2.95. The van der Waals surface area contributed by atoms with Crippen molar-refractivity contribution >= 4 is 23.4 Å². The van der Waals surface area contributed by atoms with Gasteiger partial charge < -0.3 is 36.4 Å². The van der Waals surface area contributed by atoms with E-state index in [2.05, 4.69) is 5.32 Å². The lowest BCUT2D eigenvalue weighted by Crippen LogP contribution is -2.71. The van der Waals surface area contributed by atoms with Crippen LogP contribution in [0, 0.1) is 23.2 Å². The minimum Gasteiger partial charge on any atom is -0.508 e. The number of carbonyl (C=O) groups is 4. The van der Waals surface area contributed by atoms with Gasteiger partial charge in [0.2, 0.25) is 11.8 Å². The molecule has 206 valence electrons. The molecule has 0 heterocycles. The first-order valence-electron chi connectivity index (χ1n) is 12.5. The van der Waals surface area contributed by atoms with E-state index in [0.29, 0.717) is 11.1 Å². The summed E-state index contributed by atoms with van der Waals surface area (Å²) < 4.78 is 0. The van der Waals surface area contributed by atoms with Crippen molar-refractivity contribution in [2.45, 2.75) is 57.9 Å². The number of primary amides is 1. The van der Waals surface area contributed by atoms with E-state index in [1.807, 2.05) is 0 Å². The summed E-state index contributed by atoms with van der Waals surface area (Å²) in [7, 11) is 3.21. The molecule has 0 aromatic heterocycles. The van der Waals surface area contributed by atoms with Crippen LogP contribution in [0.4, 0.5) is 0 Å². The van der Waals surface area contributed by atoms with E-state index in [0.717, 1.165) is 0 Å². The lowest BCUT2D eigenvalue weighted by molar-refractivity contribution is -0.178. The maximum atomic E-state index is 13.7. The molecule has 3 aliphatic carbocycles. The zero-order valence-electron chi connectivity index (χ0n) is 22.1. The number of hydrogen-bond donors (Lipinski definition) is 6. The van der Waals surface area contributed by atoms with Gasteiger partial charge in [-0.3, -0.25) is 19.2 Å². The highest BCUT2D eigenvalue weighted by molar-refractivity contribution is 6.15. The standard InChI is InChI=1S/C27H35N3O8/c1-26(2,3)25(37)29-10-11-6-7-15(31)17-13(11)8-12-9-14-19(30(4)5)21(33)18(24(28)36)23(35)27(14,38)22(34)16(12)20(17)32/h6-7,12,14,18-19,21,31,33-34,38H,8-10H2,1-5H3,(H2,28,36)(H,29,37)/t12-,14-,18?,19-,21?,27-/m0/s1. The van der Waals surface area contributed by atoms with Crippen LogP contribution in [0.2, 0.25) is 0 Å². The predicted molar refractivity (Wildman–Crippen MR) is 135 cm³/mol. The predicted octanol–water partition coefficient (Wildman–Crippen LogP) is -0.0521. The van der Waals surface area contributed by atoms with Crippen LogP contribution in [0.3, 0.4) is 0 Å². The van der Waals surface area contributed by atoms with E-state index in [4.69, 9.17) is 5.73 Å². The van der Waals surface area contributed by atoms with Gasteiger partial charge in [-0.05, 0) is 50.0 Å². The summed E-state index contributed by atoms with van der Waals surface area (Å²) >= 11 is 0. The van der Waals surface area contributed by atoms with Crippen LogP contribution in [0.25, 0.3) is 0 Å². The molecule has 1 aromatic rings. The van der Waals surface area contributed by atoms with E-state index in [9.17, 15) is 39.6 Å². The maximum absolute atomic E-state index is 13.7. The van der Waals surface area contributed by atoms with Gasteiger partial charge in [0.15, 0.2) is 17.2 Å². The van der Waals surface area contributed by atoms with Crippen molar-refractivity contribution in [3.05, 3.63) is 40.2 Å². The molecule has 11 nitrogen and oxygen atoms in total. The number of nitrogens with two attached hydrogens (primary N) is 1. The fraction of sp³-hybridized carbons (Fsp3) is 0.556. The molecule has 0 spiro atoms. The number of rotatable bonds is 4. The van der Waals surface area contributed by atoms with Crippen LogP contribution in [-0.4, -0.2) is 80.5 Å². The van der Waals surface area contributed by atoms with E-state index in [-0.39, 0.29) is 42.2 Å². The normalized spacial score (nSPS) is 31.0. The van der Waals surface area contributed by atoms with Gasteiger partial charge in [-0.25, -0.2) is 0 Å². The molecule has 0 aliphatic heterocycles. The lowest BCUT2D eigenvalue weighted by Gasteiger charge is -2.53. The number of benzene rings is 1. The third-order valence-corrected chi connectivity index (χ3v) is 8.19. The largest absolute Gasteiger partial charge is 0.508 e. The van der Waals surface area contributed by atoms with Gasteiger partial charge in [-0.1, -0.05) is 26.8 Å².